The minimum Gasteiger partial charge on any atom is -0.310 e. The number of fused-ring (bicyclic) bond motifs is 1. The van der Waals surface area contributed by atoms with Gasteiger partial charge < -0.3 is 10.2 Å². The first kappa shape index (κ1) is 13.1. The van der Waals surface area contributed by atoms with Crippen LogP contribution in [0.15, 0.2) is 36.4 Å². The zero-order valence-corrected chi connectivity index (χ0v) is 11.7. The van der Waals surface area contributed by atoms with Crippen LogP contribution in [0.25, 0.3) is 10.9 Å². The smallest absolute Gasteiger partial charge is 0.228 e. The first-order valence-corrected chi connectivity index (χ1v) is 7.07. The molecule has 1 aliphatic heterocycles. The molecule has 1 saturated heterocycles. The van der Waals surface area contributed by atoms with Crippen molar-refractivity contribution in [2.24, 2.45) is 5.92 Å². The van der Waals surface area contributed by atoms with Gasteiger partial charge in [-0.3, -0.25) is 4.79 Å². The molecule has 1 aromatic heterocycles. The Kier molecular flexibility index (Phi) is 3.65. The standard InChI is InChI=1S/C16H19N3O/c1-19-10-8-13(9-11-19)16(20)18-15-7-6-12-4-2-3-5-14(12)17-15/h2-7,13H,8-11H2,1H3,(H,17,18,20). The summed E-state index contributed by atoms with van der Waals surface area (Å²) in [6.45, 7) is 1.98. The number of amides is 1. The van der Waals surface area contributed by atoms with Crippen LogP contribution in [0, 0.1) is 5.92 Å². The average molecular weight is 269 g/mol. The Morgan fingerprint density at radius 3 is 2.75 bits per heavy atom. The van der Waals surface area contributed by atoms with Crippen LogP contribution in [0.1, 0.15) is 12.8 Å². The second kappa shape index (κ2) is 5.59. The third kappa shape index (κ3) is 2.80. The number of aromatic nitrogens is 1. The maximum atomic E-state index is 12.2. The molecule has 1 fully saturated rings. The van der Waals surface area contributed by atoms with Gasteiger partial charge in [0.15, 0.2) is 0 Å². The molecule has 0 spiro atoms. The van der Waals surface area contributed by atoms with Gasteiger partial charge in [0, 0.05) is 11.3 Å². The summed E-state index contributed by atoms with van der Waals surface area (Å²) in [5.74, 6) is 0.855. The Morgan fingerprint density at radius 1 is 1.20 bits per heavy atom. The highest BCUT2D eigenvalue weighted by atomic mass is 16.1. The molecule has 1 N–H and O–H groups in total. The Morgan fingerprint density at radius 2 is 1.95 bits per heavy atom. The number of nitrogens with zero attached hydrogens (tertiary/aromatic N) is 2. The number of anilines is 1. The Balaban J connectivity index is 1.71. The number of piperidine rings is 1. The van der Waals surface area contributed by atoms with E-state index in [1.54, 1.807) is 0 Å². The van der Waals surface area contributed by atoms with Crippen molar-refractivity contribution in [2.45, 2.75) is 12.8 Å². The molecular weight excluding hydrogens is 250 g/mol. The Labute approximate surface area is 118 Å². The fraction of sp³-hybridized carbons (Fsp3) is 0.375. The number of hydrogen-bond donors (Lipinski definition) is 1. The van der Waals surface area contributed by atoms with Crippen molar-refractivity contribution in [2.75, 3.05) is 25.5 Å². The second-order valence-corrected chi connectivity index (χ2v) is 5.46. The van der Waals surface area contributed by atoms with E-state index >= 15 is 0 Å². The zero-order chi connectivity index (χ0) is 13.9. The molecule has 1 aromatic carbocycles. The number of likely N-dealkylation sites (tertiary alicyclic amines) is 1. The summed E-state index contributed by atoms with van der Waals surface area (Å²) in [4.78, 5) is 19.0. The number of pyridine rings is 1. The van der Waals surface area contributed by atoms with Crippen LogP contribution < -0.4 is 5.32 Å². The van der Waals surface area contributed by atoms with Crippen molar-refractivity contribution in [3.05, 3.63) is 36.4 Å². The van der Waals surface area contributed by atoms with Gasteiger partial charge in [-0.05, 0) is 51.2 Å². The number of rotatable bonds is 2. The van der Waals surface area contributed by atoms with Crippen molar-refractivity contribution in [3.8, 4) is 0 Å². The molecule has 0 atom stereocenters. The number of carbonyl (C=O) groups is 1. The van der Waals surface area contributed by atoms with E-state index in [0.29, 0.717) is 5.82 Å². The highest BCUT2D eigenvalue weighted by Gasteiger charge is 2.23. The molecule has 0 saturated carbocycles. The fourth-order valence-corrected chi connectivity index (χ4v) is 2.63. The molecule has 1 amide bonds. The summed E-state index contributed by atoms with van der Waals surface area (Å²) in [5, 5.41) is 4.04. The zero-order valence-electron chi connectivity index (χ0n) is 11.7. The lowest BCUT2D eigenvalue weighted by Gasteiger charge is -2.27. The summed E-state index contributed by atoms with van der Waals surface area (Å²) >= 11 is 0. The number of nitrogens with one attached hydrogen (secondary N) is 1. The molecule has 0 bridgehead atoms. The van der Waals surface area contributed by atoms with Crippen LogP contribution in [0.5, 0.6) is 0 Å². The Bertz CT molecular complexity index is 618. The van der Waals surface area contributed by atoms with Gasteiger partial charge in [0.2, 0.25) is 5.91 Å². The minimum absolute atomic E-state index is 0.0980. The molecular formula is C16H19N3O. The van der Waals surface area contributed by atoms with Crippen molar-refractivity contribution in [3.63, 3.8) is 0 Å². The van der Waals surface area contributed by atoms with Crippen molar-refractivity contribution >= 4 is 22.6 Å². The topological polar surface area (TPSA) is 45.2 Å². The van der Waals surface area contributed by atoms with Gasteiger partial charge in [0.1, 0.15) is 5.82 Å². The van der Waals surface area contributed by atoms with E-state index in [0.717, 1.165) is 36.8 Å². The molecule has 20 heavy (non-hydrogen) atoms. The summed E-state index contributed by atoms with van der Waals surface area (Å²) < 4.78 is 0. The molecule has 0 radical (unpaired) electrons. The number of hydrogen-bond acceptors (Lipinski definition) is 3. The van der Waals surface area contributed by atoms with Gasteiger partial charge in [0.25, 0.3) is 0 Å². The van der Waals surface area contributed by atoms with Gasteiger partial charge in [-0.2, -0.15) is 0 Å². The monoisotopic (exact) mass is 269 g/mol. The maximum absolute atomic E-state index is 12.2. The van der Waals surface area contributed by atoms with Crippen LogP contribution in [-0.2, 0) is 4.79 Å². The summed E-state index contributed by atoms with van der Waals surface area (Å²) in [6, 6.07) is 11.8. The highest BCUT2D eigenvalue weighted by molar-refractivity contribution is 5.93. The van der Waals surface area contributed by atoms with Gasteiger partial charge >= 0.3 is 0 Å². The SMILES string of the molecule is CN1CCC(C(=O)Nc2ccc3ccccc3n2)CC1. The van der Waals surface area contributed by atoms with Gasteiger partial charge in [-0.25, -0.2) is 4.98 Å². The van der Waals surface area contributed by atoms with Crippen LogP contribution in [-0.4, -0.2) is 35.9 Å². The molecule has 104 valence electrons. The van der Waals surface area contributed by atoms with Crippen molar-refractivity contribution in [1.29, 1.82) is 0 Å². The molecule has 4 heteroatoms. The number of carbonyl (C=O) groups excluding carboxylic acids is 1. The molecule has 2 aromatic rings. The van der Waals surface area contributed by atoms with Gasteiger partial charge in [-0.1, -0.05) is 18.2 Å². The molecule has 1 aliphatic rings. The van der Waals surface area contributed by atoms with E-state index in [1.807, 2.05) is 36.4 Å². The van der Waals surface area contributed by atoms with Gasteiger partial charge in [0.05, 0.1) is 5.52 Å². The normalized spacial score (nSPS) is 17.2. The lowest BCUT2D eigenvalue weighted by molar-refractivity contribution is -0.121. The van der Waals surface area contributed by atoms with Crippen LogP contribution >= 0.6 is 0 Å². The van der Waals surface area contributed by atoms with Crippen molar-refractivity contribution in [1.82, 2.24) is 9.88 Å². The third-order valence-corrected chi connectivity index (χ3v) is 3.94. The Hall–Kier alpha value is -1.94. The number of para-hydroxylation sites is 1. The first-order valence-electron chi connectivity index (χ1n) is 7.07. The quantitative estimate of drug-likeness (QED) is 0.911. The lowest BCUT2D eigenvalue weighted by Crippen LogP contribution is -2.36. The van der Waals surface area contributed by atoms with Gasteiger partial charge in [-0.15, -0.1) is 0 Å². The highest BCUT2D eigenvalue weighted by Crippen LogP contribution is 2.19. The molecule has 0 unspecified atom stereocenters. The van der Waals surface area contributed by atoms with E-state index in [-0.39, 0.29) is 11.8 Å². The van der Waals surface area contributed by atoms with Crippen LogP contribution in [0.2, 0.25) is 0 Å². The van der Waals surface area contributed by atoms with Crippen LogP contribution in [0.4, 0.5) is 5.82 Å². The minimum atomic E-state index is 0.0980. The lowest BCUT2D eigenvalue weighted by atomic mass is 9.96. The maximum Gasteiger partial charge on any atom is 0.228 e. The third-order valence-electron chi connectivity index (χ3n) is 3.94. The summed E-state index contributed by atoms with van der Waals surface area (Å²) in [5.41, 5.74) is 0.911. The molecule has 2 heterocycles. The van der Waals surface area contributed by atoms with E-state index < -0.39 is 0 Å². The van der Waals surface area contributed by atoms with E-state index in [9.17, 15) is 4.79 Å². The second-order valence-electron chi connectivity index (χ2n) is 5.46. The number of benzene rings is 1. The predicted molar refractivity (Wildman–Crippen MR) is 80.6 cm³/mol. The fourth-order valence-electron chi connectivity index (χ4n) is 2.63. The largest absolute Gasteiger partial charge is 0.310 e. The van der Waals surface area contributed by atoms with Crippen LogP contribution in [0.3, 0.4) is 0 Å². The predicted octanol–water partition coefficient (Wildman–Crippen LogP) is 2.52. The molecule has 0 aliphatic carbocycles. The van der Waals surface area contributed by atoms with E-state index in [2.05, 4.69) is 22.2 Å². The molecule has 4 nitrogen and oxygen atoms in total. The van der Waals surface area contributed by atoms with E-state index in [1.165, 1.54) is 0 Å². The molecule has 3 rings (SSSR count). The summed E-state index contributed by atoms with van der Waals surface area (Å²) in [6.07, 6.45) is 1.85. The average Bonchev–Trinajstić information content (AvgIpc) is 2.48. The first-order chi connectivity index (χ1) is 9.72. The van der Waals surface area contributed by atoms with E-state index in [4.69, 9.17) is 0 Å². The van der Waals surface area contributed by atoms with Crippen molar-refractivity contribution < 1.29 is 4.79 Å². The summed E-state index contributed by atoms with van der Waals surface area (Å²) in [7, 11) is 2.10.